The Balaban J connectivity index is 2.42. The van der Waals surface area contributed by atoms with Gasteiger partial charge in [0.25, 0.3) is 0 Å². The van der Waals surface area contributed by atoms with Crippen LogP contribution in [0.5, 0.6) is 0 Å². The van der Waals surface area contributed by atoms with E-state index in [-0.39, 0.29) is 4.78 Å². The maximum Gasteiger partial charge on any atom is 0.505 e. The summed E-state index contributed by atoms with van der Waals surface area (Å²) in [6.07, 6.45) is -4.73. The zero-order valence-corrected chi connectivity index (χ0v) is 12.7. The van der Waals surface area contributed by atoms with Crippen LogP contribution in [0.3, 0.4) is 0 Å². The topological polar surface area (TPSA) is 55.8 Å². The van der Waals surface area contributed by atoms with Gasteiger partial charge in [-0.15, -0.1) is 11.3 Å². The van der Waals surface area contributed by atoms with Crippen LogP contribution in [0.15, 0.2) is 6.07 Å². The van der Waals surface area contributed by atoms with Crippen LogP contribution in [0.25, 0.3) is 0 Å². The molecule has 0 radical (unpaired) electrons. The second kappa shape index (κ2) is 4.72. The molecule has 1 aliphatic heterocycles. The minimum Gasteiger partial charge on any atom is -0.477 e. The minimum atomic E-state index is -4.73. The predicted octanol–water partition coefficient (Wildman–Crippen LogP) is 2.76. The Labute approximate surface area is 124 Å². The largest absolute Gasteiger partial charge is 0.505 e. The molecule has 0 atom stereocenters. The van der Waals surface area contributed by atoms with Gasteiger partial charge in [-0.2, -0.15) is 13.2 Å². The number of halogens is 3. The summed E-state index contributed by atoms with van der Waals surface area (Å²) in [4.78, 5) is 10.2. The number of carboxylic acids is 1. The average Bonchev–Trinajstić information content (AvgIpc) is 2.78. The van der Waals surface area contributed by atoms with Gasteiger partial charge in [0, 0.05) is 4.78 Å². The molecule has 0 unspecified atom stereocenters. The number of alkyl halides is 3. The van der Waals surface area contributed by atoms with Crippen LogP contribution >= 0.6 is 11.3 Å². The minimum absolute atomic E-state index is 0.0957. The summed E-state index contributed by atoms with van der Waals surface area (Å²) >= 11 is 0.524. The van der Waals surface area contributed by atoms with Crippen molar-refractivity contribution in [1.29, 1.82) is 0 Å². The van der Waals surface area contributed by atoms with Gasteiger partial charge in [0.1, 0.15) is 4.88 Å². The molecule has 0 amide bonds. The molecule has 0 bridgehead atoms. The van der Waals surface area contributed by atoms with E-state index in [0.717, 1.165) is 6.07 Å². The normalized spacial score (nSPS) is 20.8. The standard InChI is InChI=1S/C12H14BF3O4S/c1-10(2)11(3,4)20-13(19-10)7-5-6(12(14,15)16)8(21-7)9(17)18/h5H,1-4H3,(H,17,18). The number of carbonyl (C=O) groups is 1. The number of hydrogen-bond donors (Lipinski definition) is 1. The summed E-state index contributed by atoms with van der Waals surface area (Å²) in [6, 6.07) is 0.788. The van der Waals surface area contributed by atoms with Gasteiger partial charge in [0.2, 0.25) is 0 Å². The molecule has 1 saturated heterocycles. The van der Waals surface area contributed by atoms with E-state index in [2.05, 4.69) is 0 Å². The van der Waals surface area contributed by atoms with E-state index in [9.17, 15) is 18.0 Å². The second-order valence-electron chi connectivity index (χ2n) is 5.78. The lowest BCUT2D eigenvalue weighted by atomic mass is 9.87. The highest BCUT2D eigenvalue weighted by Crippen LogP contribution is 2.39. The Morgan fingerprint density at radius 1 is 1.24 bits per heavy atom. The Bertz CT molecular complexity index is 564. The molecule has 0 saturated carbocycles. The Morgan fingerprint density at radius 3 is 2.05 bits per heavy atom. The fourth-order valence-electron chi connectivity index (χ4n) is 1.85. The zero-order valence-electron chi connectivity index (χ0n) is 11.9. The van der Waals surface area contributed by atoms with Crippen LogP contribution in [-0.2, 0) is 15.5 Å². The number of carboxylic acid groups (broad SMARTS) is 1. The van der Waals surface area contributed by atoms with E-state index in [1.165, 1.54) is 0 Å². The van der Waals surface area contributed by atoms with Crippen molar-refractivity contribution in [1.82, 2.24) is 0 Å². The van der Waals surface area contributed by atoms with Gasteiger partial charge in [0.05, 0.1) is 16.8 Å². The fourth-order valence-corrected chi connectivity index (χ4v) is 2.83. The number of aromatic carboxylic acids is 1. The first-order valence-corrected chi connectivity index (χ1v) is 6.97. The highest BCUT2D eigenvalue weighted by molar-refractivity contribution is 7.24. The molecule has 21 heavy (non-hydrogen) atoms. The summed E-state index contributed by atoms with van der Waals surface area (Å²) in [7, 11) is -1.01. The molecule has 1 aromatic rings. The molecular weight excluding hydrogens is 308 g/mol. The summed E-state index contributed by atoms with van der Waals surface area (Å²) < 4.78 is 50.0. The van der Waals surface area contributed by atoms with Crippen LogP contribution in [-0.4, -0.2) is 29.4 Å². The number of thiophene rings is 1. The molecule has 0 spiro atoms. The highest BCUT2D eigenvalue weighted by Gasteiger charge is 2.53. The SMILES string of the molecule is CC1(C)OB(c2cc(C(F)(F)F)c(C(=O)O)s2)OC1(C)C. The third-order valence-corrected chi connectivity index (χ3v) is 4.88. The monoisotopic (exact) mass is 322 g/mol. The number of hydrogen-bond acceptors (Lipinski definition) is 4. The van der Waals surface area contributed by atoms with E-state index in [4.69, 9.17) is 14.4 Å². The third kappa shape index (κ3) is 2.82. The first-order valence-electron chi connectivity index (χ1n) is 6.15. The van der Waals surface area contributed by atoms with E-state index in [0.29, 0.717) is 11.3 Å². The summed E-state index contributed by atoms with van der Waals surface area (Å²) in [5, 5.41) is 8.92. The van der Waals surface area contributed by atoms with E-state index < -0.39 is 40.9 Å². The van der Waals surface area contributed by atoms with Crippen molar-refractivity contribution < 1.29 is 32.4 Å². The van der Waals surface area contributed by atoms with Gasteiger partial charge in [0.15, 0.2) is 0 Å². The fraction of sp³-hybridized carbons (Fsp3) is 0.583. The molecule has 9 heteroatoms. The van der Waals surface area contributed by atoms with E-state index in [1.54, 1.807) is 27.7 Å². The molecule has 1 N–H and O–H groups in total. The van der Waals surface area contributed by atoms with Crippen molar-refractivity contribution in [3.63, 3.8) is 0 Å². The molecule has 1 aromatic heterocycles. The van der Waals surface area contributed by atoms with Crippen LogP contribution in [0, 0.1) is 0 Å². The van der Waals surface area contributed by atoms with Crippen molar-refractivity contribution in [3.05, 3.63) is 16.5 Å². The number of rotatable bonds is 2. The molecule has 1 aliphatic rings. The summed E-state index contributed by atoms with van der Waals surface area (Å²) in [6.45, 7) is 7.07. The lowest BCUT2D eigenvalue weighted by molar-refractivity contribution is -0.137. The van der Waals surface area contributed by atoms with Gasteiger partial charge < -0.3 is 14.4 Å². The zero-order chi connectivity index (χ0) is 16.2. The first kappa shape index (κ1) is 16.3. The Kier molecular flexibility index (Phi) is 3.67. The molecule has 2 heterocycles. The van der Waals surface area contributed by atoms with Crippen LogP contribution in [0.2, 0.25) is 0 Å². The lowest BCUT2D eigenvalue weighted by Crippen LogP contribution is -2.41. The quantitative estimate of drug-likeness (QED) is 0.851. The van der Waals surface area contributed by atoms with Crippen LogP contribution in [0.1, 0.15) is 42.9 Å². The summed E-state index contributed by atoms with van der Waals surface area (Å²) in [5.74, 6) is -1.62. The molecule has 1 fully saturated rings. The van der Waals surface area contributed by atoms with Gasteiger partial charge in [-0.3, -0.25) is 0 Å². The van der Waals surface area contributed by atoms with Crippen molar-refractivity contribution >= 4 is 29.2 Å². The maximum absolute atomic E-state index is 12.9. The smallest absolute Gasteiger partial charge is 0.477 e. The third-order valence-electron chi connectivity index (χ3n) is 3.74. The van der Waals surface area contributed by atoms with Gasteiger partial charge in [-0.25, -0.2) is 4.79 Å². The van der Waals surface area contributed by atoms with Gasteiger partial charge >= 0.3 is 19.3 Å². The molecule has 0 aliphatic carbocycles. The van der Waals surface area contributed by atoms with E-state index in [1.807, 2.05) is 0 Å². The highest BCUT2D eigenvalue weighted by atomic mass is 32.1. The van der Waals surface area contributed by atoms with Crippen molar-refractivity contribution in [2.75, 3.05) is 0 Å². The lowest BCUT2D eigenvalue weighted by Gasteiger charge is -2.32. The molecule has 2 rings (SSSR count). The van der Waals surface area contributed by atoms with Gasteiger partial charge in [-0.1, -0.05) is 0 Å². The Hall–Kier alpha value is -1.06. The molecule has 116 valence electrons. The first-order chi connectivity index (χ1) is 9.35. The van der Waals surface area contributed by atoms with Gasteiger partial charge in [-0.05, 0) is 33.8 Å². The molecule has 4 nitrogen and oxygen atoms in total. The van der Waals surface area contributed by atoms with Crippen LogP contribution < -0.4 is 4.78 Å². The van der Waals surface area contributed by atoms with Crippen LogP contribution in [0.4, 0.5) is 13.2 Å². The molecule has 0 aromatic carbocycles. The molecular formula is C12H14BF3O4S. The van der Waals surface area contributed by atoms with Crippen molar-refractivity contribution in [3.8, 4) is 0 Å². The van der Waals surface area contributed by atoms with Crippen molar-refractivity contribution in [2.24, 2.45) is 0 Å². The van der Waals surface area contributed by atoms with E-state index >= 15 is 0 Å². The predicted molar refractivity (Wildman–Crippen MR) is 72.0 cm³/mol. The summed E-state index contributed by atoms with van der Waals surface area (Å²) in [5.41, 5.74) is -2.59. The maximum atomic E-state index is 12.9. The second-order valence-corrected chi connectivity index (χ2v) is 6.87. The van der Waals surface area contributed by atoms with Crippen molar-refractivity contribution in [2.45, 2.75) is 45.1 Å². The average molecular weight is 322 g/mol. The Morgan fingerprint density at radius 2 is 1.71 bits per heavy atom.